The second-order valence-corrected chi connectivity index (χ2v) is 19.8. The number of nitrogens with zero attached hydrogens (tertiary/aromatic N) is 6. The molecule has 4 saturated carbocycles. The Kier molecular flexibility index (Phi) is 11.1. The number of likely N-dealkylation sites (N-methyl/N-ethyl adjacent to an activating group) is 1. The summed E-state index contributed by atoms with van der Waals surface area (Å²) in [5, 5.41) is 39.4. The molecule has 6 aliphatic rings. The van der Waals surface area contributed by atoms with E-state index in [-0.39, 0.29) is 27.5 Å². The maximum absolute atomic E-state index is 10.7. The van der Waals surface area contributed by atoms with Gasteiger partial charge in [0.25, 0.3) is 5.95 Å². The van der Waals surface area contributed by atoms with Crippen molar-refractivity contribution < 1.29 is 19.7 Å². The number of piperidine rings is 1. The summed E-state index contributed by atoms with van der Waals surface area (Å²) in [7, 11) is 3.92. The number of thiazole rings is 1. The number of aliphatic hydroxyl groups is 2. The highest BCUT2D eigenvalue weighted by molar-refractivity contribution is 7.22. The zero-order valence-corrected chi connectivity index (χ0v) is 36.3. The summed E-state index contributed by atoms with van der Waals surface area (Å²) in [6.45, 7) is 13.7. The third kappa shape index (κ3) is 8.21. The van der Waals surface area contributed by atoms with Crippen LogP contribution in [0.5, 0.6) is 0 Å². The number of aliphatic imine (C=N–C) groups is 1. The molecule has 0 spiro atoms. The highest BCUT2D eigenvalue weighted by atomic mass is 32.1. The van der Waals surface area contributed by atoms with E-state index in [1.54, 1.807) is 7.11 Å². The number of methoxy groups -OCH3 is 1. The molecule has 4 heterocycles. The number of nitrogens with one attached hydrogen (secondary N) is 2. The highest BCUT2D eigenvalue weighted by Crippen LogP contribution is 2.72. The first-order chi connectivity index (χ1) is 28.1. The van der Waals surface area contributed by atoms with Gasteiger partial charge < -0.3 is 40.5 Å². The number of likely N-dealkylation sites (tertiary alicyclic amines) is 1. The van der Waals surface area contributed by atoms with E-state index in [0.29, 0.717) is 41.2 Å². The third-order valence-electron chi connectivity index (χ3n) is 13.4. The number of hydrogen-bond donors (Lipinski definition) is 5. The average molecular weight is 824 g/mol. The van der Waals surface area contributed by atoms with Gasteiger partial charge in [-0.2, -0.15) is 5.10 Å². The first-order valence-electron chi connectivity index (χ1n) is 21.0. The standard InChI is InChI=1S/C45H61N9O4S/c1-29(38(46)51-41-49-34-12-7-8-13-35(34)59-41)31-11-9-17-53(39(31)47)36-15-14-32(37(50-36)40(55)56)33-21-48-54(30(33)2)28-44-23-42(3)22-43(4,24-44)26-45(25-42,27-44)58-20-18-52(5)16-10-19-57-6/h7-8,12-15,21,47,50,55-56H,9-11,16-20,22-28H2,1-6H3,(H2,46,49,51)/b31-29-,47-39?/t42-,43+,44?,45?. The number of aliphatic hydroxyl groups excluding tert-OH is 1. The molecule has 5 fully saturated rings. The van der Waals surface area contributed by atoms with Gasteiger partial charge in [0.05, 0.1) is 28.6 Å². The van der Waals surface area contributed by atoms with Crippen molar-refractivity contribution in [1.29, 1.82) is 5.41 Å². The number of para-hydroxylation sites is 1. The van der Waals surface area contributed by atoms with Crippen LogP contribution in [0.25, 0.3) is 15.8 Å². The minimum Gasteiger partial charge on any atom is -0.480 e. The van der Waals surface area contributed by atoms with Gasteiger partial charge in [-0.1, -0.05) is 37.3 Å². The van der Waals surface area contributed by atoms with Gasteiger partial charge in [0.1, 0.15) is 23.2 Å². The van der Waals surface area contributed by atoms with Gasteiger partial charge in [-0.15, -0.1) is 0 Å². The van der Waals surface area contributed by atoms with Crippen LogP contribution in [0.3, 0.4) is 0 Å². The van der Waals surface area contributed by atoms with Gasteiger partial charge in [0, 0.05) is 62.3 Å². The number of hydrogen-bond acceptors (Lipinski definition) is 11. The highest BCUT2D eigenvalue weighted by Gasteiger charge is 2.66. The molecule has 1 saturated heterocycles. The molecule has 9 rings (SSSR count). The predicted molar refractivity (Wildman–Crippen MR) is 235 cm³/mol. The Hall–Kier alpha value is -4.50. The summed E-state index contributed by atoms with van der Waals surface area (Å²) < 4.78 is 15.4. The van der Waals surface area contributed by atoms with Crippen molar-refractivity contribution in [2.45, 2.75) is 97.6 Å². The van der Waals surface area contributed by atoms with Gasteiger partial charge in [-0.25, -0.2) is 9.98 Å². The monoisotopic (exact) mass is 823 g/mol. The van der Waals surface area contributed by atoms with Crippen molar-refractivity contribution >= 4 is 43.9 Å². The Bertz CT molecular complexity index is 2230. The van der Waals surface area contributed by atoms with E-state index in [4.69, 9.17) is 20.3 Å². The summed E-state index contributed by atoms with van der Waals surface area (Å²) in [5.41, 5.74) is 11.9. The summed E-state index contributed by atoms with van der Waals surface area (Å²) in [4.78, 5) is 13.4. The number of ether oxygens (including phenoxy) is 2. The van der Waals surface area contributed by atoms with E-state index in [1.807, 2.05) is 54.4 Å². The minimum absolute atomic E-state index is 0.0567. The summed E-state index contributed by atoms with van der Waals surface area (Å²) in [6, 6.07) is 7.89. The van der Waals surface area contributed by atoms with Crippen molar-refractivity contribution in [3.8, 4) is 0 Å². The van der Waals surface area contributed by atoms with Crippen LogP contribution in [0.1, 0.15) is 89.8 Å². The molecule has 6 N–H and O–H groups in total. The lowest BCUT2D eigenvalue weighted by Crippen LogP contribution is -2.64. The van der Waals surface area contributed by atoms with Crippen LogP contribution in [-0.2, 0) is 16.0 Å². The van der Waals surface area contributed by atoms with Gasteiger partial charge in [-0.05, 0) is 125 Å². The lowest BCUT2D eigenvalue weighted by molar-refractivity contribution is -0.248. The second kappa shape index (κ2) is 15.8. The third-order valence-corrected chi connectivity index (χ3v) is 14.4. The zero-order valence-electron chi connectivity index (χ0n) is 35.5. The van der Waals surface area contributed by atoms with Crippen molar-refractivity contribution in [2.24, 2.45) is 27.0 Å². The van der Waals surface area contributed by atoms with E-state index < -0.39 is 5.95 Å². The predicted octanol–water partition coefficient (Wildman–Crippen LogP) is 8.10. The minimum atomic E-state index is -0.818. The maximum Gasteiger partial charge on any atom is 0.299 e. The number of fused-ring (bicyclic) bond motifs is 1. The van der Waals surface area contributed by atoms with Gasteiger partial charge in [-0.3, -0.25) is 10.1 Å². The molecule has 2 aliphatic heterocycles. The fraction of sp³-hybridized carbons (Fsp3) is 0.556. The molecular formula is C45H61N9O4S. The van der Waals surface area contributed by atoms with Crippen LogP contribution in [0.15, 0.2) is 76.2 Å². The topological polar surface area (TPSA) is 170 Å². The van der Waals surface area contributed by atoms with Crippen molar-refractivity contribution in [3.05, 3.63) is 82.5 Å². The van der Waals surface area contributed by atoms with Crippen molar-refractivity contribution in [1.82, 2.24) is 29.9 Å². The van der Waals surface area contributed by atoms with Crippen LogP contribution < -0.4 is 11.1 Å². The van der Waals surface area contributed by atoms with Crippen molar-refractivity contribution in [3.63, 3.8) is 0 Å². The fourth-order valence-corrected chi connectivity index (χ4v) is 12.9. The average Bonchev–Trinajstić information content (AvgIpc) is 3.74. The molecule has 1 aromatic carbocycles. The molecule has 2 unspecified atom stereocenters. The lowest BCUT2D eigenvalue weighted by Gasteiger charge is -2.69. The van der Waals surface area contributed by atoms with Gasteiger partial charge in [0.2, 0.25) is 5.13 Å². The maximum atomic E-state index is 10.7. The summed E-state index contributed by atoms with van der Waals surface area (Å²) >= 11 is 1.48. The van der Waals surface area contributed by atoms with E-state index in [1.165, 1.54) is 17.8 Å². The van der Waals surface area contributed by atoms with Crippen molar-refractivity contribution in [2.75, 3.05) is 47.0 Å². The second-order valence-electron chi connectivity index (χ2n) is 18.8. The molecule has 3 aromatic rings. The van der Waals surface area contributed by atoms with Gasteiger partial charge >= 0.3 is 0 Å². The molecule has 0 amide bonds. The normalized spacial score (nSPS) is 29.0. The number of benzene rings is 1. The molecule has 59 heavy (non-hydrogen) atoms. The molecule has 2 aromatic heterocycles. The Labute approximate surface area is 351 Å². The molecule has 4 bridgehead atoms. The van der Waals surface area contributed by atoms with E-state index in [2.05, 4.69) is 52.7 Å². The van der Waals surface area contributed by atoms with Crippen LogP contribution in [0.2, 0.25) is 0 Å². The molecule has 4 aliphatic carbocycles. The quantitative estimate of drug-likeness (QED) is 0.0464. The Morgan fingerprint density at radius 1 is 1.07 bits per heavy atom. The smallest absolute Gasteiger partial charge is 0.299 e. The van der Waals surface area contributed by atoms with Crippen LogP contribution >= 0.6 is 11.3 Å². The van der Waals surface area contributed by atoms with Gasteiger partial charge in [0.15, 0.2) is 0 Å². The van der Waals surface area contributed by atoms with E-state index in [9.17, 15) is 15.6 Å². The first-order valence-corrected chi connectivity index (χ1v) is 21.9. The Morgan fingerprint density at radius 2 is 1.83 bits per heavy atom. The number of rotatable bonds is 14. The lowest BCUT2D eigenvalue weighted by atomic mass is 9.39. The van der Waals surface area contributed by atoms with Crippen LogP contribution in [-0.4, -0.2) is 99.1 Å². The number of nitrogens with two attached hydrogens (primary N) is 1. The van der Waals surface area contributed by atoms with E-state index in [0.717, 1.165) is 110 Å². The largest absolute Gasteiger partial charge is 0.480 e. The zero-order chi connectivity index (χ0) is 41.7. The number of allylic oxidation sites excluding steroid dienone is 3. The summed E-state index contributed by atoms with van der Waals surface area (Å²) in [5.74, 6) is 0.382. The van der Waals surface area contributed by atoms with Crippen LogP contribution in [0.4, 0.5) is 5.13 Å². The first kappa shape index (κ1) is 41.2. The molecule has 0 radical (unpaired) electrons. The molecular weight excluding hydrogens is 763 g/mol. The SMILES string of the molecule is COCCCN(C)CCOC12CC3(Cn4ncc(C5=CC=C(N6CCC/C(=C(C)/C(N)=N\c7nc8ccccc8s7)C6=N)NC5=C(O)O)c4C)C[C@@](C)(C1)C[C@](C)(C3)C2. The number of aromatic nitrogens is 3. The van der Waals surface area contributed by atoms with Crippen LogP contribution in [0, 0.1) is 28.6 Å². The number of dihydropyridines is 1. The number of amidine groups is 2. The molecule has 4 atom stereocenters. The molecule has 14 heteroatoms. The molecule has 13 nitrogen and oxygen atoms in total. The Morgan fingerprint density at radius 3 is 2.56 bits per heavy atom. The Balaban J connectivity index is 1.01. The fourth-order valence-electron chi connectivity index (χ4n) is 12.1. The van der Waals surface area contributed by atoms with E-state index >= 15 is 0 Å². The summed E-state index contributed by atoms with van der Waals surface area (Å²) in [6.07, 6.45) is 14.9. The molecule has 316 valence electrons.